The third-order valence-electron chi connectivity index (χ3n) is 5.48. The van der Waals surface area contributed by atoms with Crippen LogP contribution in [0.4, 0.5) is 5.69 Å². The fourth-order valence-corrected chi connectivity index (χ4v) is 5.02. The monoisotopic (exact) mass is 406 g/mol. The molecule has 7 heteroatoms. The van der Waals surface area contributed by atoms with Crippen LogP contribution in [0.5, 0.6) is 0 Å². The van der Waals surface area contributed by atoms with Gasteiger partial charge in [0.25, 0.3) is 0 Å². The van der Waals surface area contributed by atoms with Crippen molar-refractivity contribution in [2.24, 2.45) is 5.41 Å². The van der Waals surface area contributed by atoms with E-state index >= 15 is 0 Å². The Labute approximate surface area is 154 Å². The highest BCUT2D eigenvalue weighted by atomic mass is 79.9. The van der Waals surface area contributed by atoms with Crippen molar-refractivity contribution < 1.29 is 19.1 Å². The largest absolute Gasteiger partial charge is 0.372 e. The summed E-state index contributed by atoms with van der Waals surface area (Å²) in [7, 11) is 0. The van der Waals surface area contributed by atoms with Crippen LogP contribution in [-0.2, 0) is 25.5 Å². The van der Waals surface area contributed by atoms with Crippen LogP contribution in [0.25, 0.3) is 0 Å². The van der Waals surface area contributed by atoms with Gasteiger partial charge in [0, 0.05) is 16.7 Å². The summed E-state index contributed by atoms with van der Waals surface area (Å²) < 4.78 is 6.87. The number of Topliss-reactive ketones (excluding diaryl/α,β-unsaturated/α-hetero) is 1. The predicted octanol–water partition coefficient (Wildman–Crippen LogP) is 1.59. The van der Waals surface area contributed by atoms with Gasteiger partial charge >= 0.3 is 0 Å². The van der Waals surface area contributed by atoms with E-state index in [4.69, 9.17) is 4.74 Å². The summed E-state index contributed by atoms with van der Waals surface area (Å²) in [6.45, 7) is 4.48. The Morgan fingerprint density at radius 3 is 2.76 bits per heavy atom. The van der Waals surface area contributed by atoms with Gasteiger partial charge in [-0.2, -0.15) is 0 Å². The molecule has 0 bridgehead atoms. The van der Waals surface area contributed by atoms with E-state index in [0.717, 1.165) is 15.7 Å². The van der Waals surface area contributed by atoms with Gasteiger partial charge in [0.1, 0.15) is 5.41 Å². The first-order valence-electron chi connectivity index (χ1n) is 8.41. The first kappa shape index (κ1) is 16.7. The summed E-state index contributed by atoms with van der Waals surface area (Å²) in [6, 6.07) is 5.51. The van der Waals surface area contributed by atoms with Gasteiger partial charge in [-0.15, -0.1) is 0 Å². The topological polar surface area (TPSA) is 75.7 Å². The summed E-state index contributed by atoms with van der Waals surface area (Å²) >= 11 is 3.47. The SMILES string of the molecule is C[C@@H]1CN2c3ccc(Br)cc3CC3(C(=O)CC(=O)NC3=O)[C@H]2[C@H](C)O1. The summed E-state index contributed by atoms with van der Waals surface area (Å²) in [4.78, 5) is 39.7. The molecule has 3 aliphatic rings. The molecule has 1 N–H and O–H groups in total. The summed E-state index contributed by atoms with van der Waals surface area (Å²) in [6.07, 6.45) is -0.297. The van der Waals surface area contributed by atoms with Crippen molar-refractivity contribution in [2.75, 3.05) is 11.4 Å². The summed E-state index contributed by atoms with van der Waals surface area (Å²) in [5, 5.41) is 2.39. The fourth-order valence-electron chi connectivity index (χ4n) is 4.61. The van der Waals surface area contributed by atoms with Crippen LogP contribution in [0.15, 0.2) is 22.7 Å². The van der Waals surface area contributed by atoms with Crippen molar-refractivity contribution in [3.63, 3.8) is 0 Å². The molecule has 1 spiro atoms. The van der Waals surface area contributed by atoms with Gasteiger partial charge in [-0.05, 0) is 44.0 Å². The van der Waals surface area contributed by atoms with E-state index in [-0.39, 0.29) is 30.8 Å². The zero-order valence-corrected chi connectivity index (χ0v) is 15.6. The number of hydrogen-bond acceptors (Lipinski definition) is 5. The van der Waals surface area contributed by atoms with Gasteiger partial charge in [0.15, 0.2) is 5.78 Å². The molecule has 1 aromatic rings. The minimum absolute atomic E-state index is 0.0127. The van der Waals surface area contributed by atoms with Crippen molar-refractivity contribution in [2.45, 2.75) is 44.9 Å². The van der Waals surface area contributed by atoms with Crippen molar-refractivity contribution in [3.8, 4) is 0 Å². The molecule has 132 valence electrons. The lowest BCUT2D eigenvalue weighted by Crippen LogP contribution is -2.72. The molecular weight excluding hydrogens is 388 g/mol. The maximum Gasteiger partial charge on any atom is 0.242 e. The van der Waals surface area contributed by atoms with E-state index in [0.29, 0.717) is 6.54 Å². The van der Waals surface area contributed by atoms with Crippen LogP contribution in [-0.4, -0.2) is 42.4 Å². The van der Waals surface area contributed by atoms with Crippen molar-refractivity contribution in [1.82, 2.24) is 5.32 Å². The number of anilines is 1. The van der Waals surface area contributed by atoms with Crippen molar-refractivity contribution >= 4 is 39.2 Å². The van der Waals surface area contributed by atoms with E-state index in [9.17, 15) is 14.4 Å². The molecule has 3 heterocycles. The van der Waals surface area contributed by atoms with E-state index in [1.165, 1.54) is 0 Å². The molecule has 25 heavy (non-hydrogen) atoms. The Kier molecular flexibility index (Phi) is 3.77. The molecule has 0 radical (unpaired) electrons. The molecule has 2 amide bonds. The van der Waals surface area contributed by atoms with Crippen LogP contribution >= 0.6 is 15.9 Å². The lowest BCUT2D eigenvalue weighted by atomic mass is 9.63. The van der Waals surface area contributed by atoms with E-state index in [2.05, 4.69) is 26.1 Å². The Bertz CT molecular complexity index is 773. The van der Waals surface area contributed by atoms with Gasteiger partial charge < -0.3 is 9.64 Å². The minimum atomic E-state index is -1.29. The van der Waals surface area contributed by atoms with Gasteiger partial charge in [0.05, 0.1) is 24.7 Å². The van der Waals surface area contributed by atoms with Crippen LogP contribution in [0.3, 0.4) is 0 Å². The Morgan fingerprint density at radius 1 is 1.28 bits per heavy atom. The van der Waals surface area contributed by atoms with Gasteiger partial charge in [-0.3, -0.25) is 19.7 Å². The number of halogens is 1. The lowest BCUT2D eigenvalue weighted by Gasteiger charge is -2.55. The number of hydrogen-bond donors (Lipinski definition) is 1. The number of rotatable bonds is 0. The minimum Gasteiger partial charge on any atom is -0.372 e. The molecule has 0 aromatic heterocycles. The number of benzene rings is 1. The second kappa shape index (κ2) is 5.64. The molecule has 1 aromatic carbocycles. The van der Waals surface area contributed by atoms with Crippen molar-refractivity contribution in [1.29, 1.82) is 0 Å². The van der Waals surface area contributed by atoms with Gasteiger partial charge in [-0.25, -0.2) is 0 Å². The van der Waals surface area contributed by atoms with E-state index < -0.39 is 23.3 Å². The Balaban J connectivity index is 1.92. The zero-order chi connectivity index (χ0) is 17.9. The third-order valence-corrected chi connectivity index (χ3v) is 5.98. The first-order valence-corrected chi connectivity index (χ1v) is 9.20. The van der Waals surface area contributed by atoms with Crippen LogP contribution < -0.4 is 10.2 Å². The average Bonchev–Trinajstić information content (AvgIpc) is 2.51. The molecule has 3 aliphatic heterocycles. The molecule has 6 nitrogen and oxygen atoms in total. The molecular formula is C18H19BrN2O4. The number of piperidine rings is 1. The summed E-state index contributed by atoms with van der Waals surface area (Å²) in [5.74, 6) is -1.34. The number of nitrogens with one attached hydrogen (secondary N) is 1. The standard InChI is InChI=1S/C18H19BrN2O4/c1-9-8-21-13-4-3-12(19)5-11(13)7-18(16(21)10(2)25-9)14(22)6-15(23)20-17(18)24/h3-5,9-10,16H,6-8H2,1-2H3,(H,20,23,24)/t9-,10+,16-,18?/m1/s1. The second-order valence-electron chi connectivity index (χ2n) is 7.15. The van der Waals surface area contributed by atoms with Gasteiger partial charge in [0.2, 0.25) is 11.8 Å². The lowest BCUT2D eigenvalue weighted by molar-refractivity contribution is -0.158. The number of fused-ring (bicyclic) bond motifs is 4. The molecule has 0 aliphatic carbocycles. The van der Waals surface area contributed by atoms with Crippen LogP contribution in [0.1, 0.15) is 25.8 Å². The Hall–Kier alpha value is -1.73. The Morgan fingerprint density at radius 2 is 2.04 bits per heavy atom. The van der Waals surface area contributed by atoms with E-state index in [1.807, 2.05) is 32.0 Å². The number of morpholine rings is 1. The number of imide groups is 1. The predicted molar refractivity (Wildman–Crippen MR) is 94.2 cm³/mol. The van der Waals surface area contributed by atoms with Crippen molar-refractivity contribution in [3.05, 3.63) is 28.2 Å². The smallest absolute Gasteiger partial charge is 0.242 e. The molecule has 1 unspecified atom stereocenters. The maximum atomic E-state index is 13.0. The molecule has 2 fully saturated rings. The normalized spacial score (nSPS) is 34.6. The highest BCUT2D eigenvalue weighted by Gasteiger charge is 2.62. The number of amides is 2. The van der Waals surface area contributed by atoms with Gasteiger partial charge in [-0.1, -0.05) is 15.9 Å². The number of carbonyl (C=O) groups is 3. The molecule has 0 saturated carbocycles. The van der Waals surface area contributed by atoms with E-state index in [1.54, 1.807) is 0 Å². The highest BCUT2D eigenvalue weighted by Crippen LogP contribution is 2.48. The number of ether oxygens (including phenoxy) is 1. The third kappa shape index (κ3) is 2.36. The highest BCUT2D eigenvalue weighted by molar-refractivity contribution is 9.10. The van der Waals surface area contributed by atoms with Crippen LogP contribution in [0.2, 0.25) is 0 Å². The average molecular weight is 407 g/mol. The number of carbonyl (C=O) groups excluding carboxylic acids is 3. The maximum absolute atomic E-state index is 13.0. The molecule has 2 saturated heterocycles. The molecule has 4 atom stereocenters. The number of nitrogens with zero attached hydrogens (tertiary/aromatic N) is 1. The fraction of sp³-hybridized carbons (Fsp3) is 0.500. The first-order chi connectivity index (χ1) is 11.8. The molecule has 4 rings (SSSR count). The second-order valence-corrected chi connectivity index (χ2v) is 8.06. The quantitative estimate of drug-likeness (QED) is 0.522. The van der Waals surface area contributed by atoms with Crippen LogP contribution in [0, 0.1) is 5.41 Å². The summed E-state index contributed by atoms with van der Waals surface area (Å²) in [5.41, 5.74) is 0.671. The number of ketones is 1. The zero-order valence-electron chi connectivity index (χ0n) is 14.0.